The molecule has 1 N–H and O–H groups in total. The Kier molecular flexibility index (Phi) is 9.21. The lowest BCUT2D eigenvalue weighted by molar-refractivity contribution is -0.116. The van der Waals surface area contributed by atoms with E-state index in [2.05, 4.69) is 51.5 Å². The summed E-state index contributed by atoms with van der Waals surface area (Å²) in [6, 6.07) is 18.3. The molecule has 1 amide bonds. The Morgan fingerprint density at radius 2 is 1.71 bits per heavy atom. The second-order valence-electron chi connectivity index (χ2n) is 7.12. The Labute approximate surface area is 174 Å². The van der Waals surface area contributed by atoms with Crippen LogP contribution in [0.2, 0.25) is 0 Å². The minimum absolute atomic E-state index is 0. The van der Waals surface area contributed by atoms with Crippen LogP contribution in [0.1, 0.15) is 17.5 Å². The molecule has 4 nitrogen and oxygen atoms in total. The van der Waals surface area contributed by atoms with Gasteiger partial charge in [0.1, 0.15) is 0 Å². The first-order valence-electron chi connectivity index (χ1n) is 9.72. The average molecular weight is 400 g/mol. The molecule has 1 heterocycles. The van der Waals surface area contributed by atoms with Gasteiger partial charge in [-0.2, -0.15) is 0 Å². The molecule has 0 saturated carbocycles. The number of hydrogen-bond acceptors (Lipinski definition) is 3. The Morgan fingerprint density at radius 1 is 1.00 bits per heavy atom. The van der Waals surface area contributed by atoms with Crippen molar-refractivity contribution >= 4 is 30.1 Å². The molecule has 5 heteroatoms. The van der Waals surface area contributed by atoms with Gasteiger partial charge in [-0.1, -0.05) is 54.6 Å². The zero-order valence-corrected chi connectivity index (χ0v) is 17.3. The largest absolute Gasteiger partial charge is 0.326 e. The highest BCUT2D eigenvalue weighted by molar-refractivity contribution is 5.90. The van der Waals surface area contributed by atoms with Gasteiger partial charge in [-0.15, -0.1) is 12.4 Å². The fourth-order valence-corrected chi connectivity index (χ4v) is 3.30. The van der Waals surface area contributed by atoms with Crippen LogP contribution in [0.15, 0.2) is 60.7 Å². The molecular weight excluding hydrogens is 370 g/mol. The van der Waals surface area contributed by atoms with Gasteiger partial charge in [0.25, 0.3) is 0 Å². The molecule has 3 rings (SSSR count). The van der Waals surface area contributed by atoms with Crippen molar-refractivity contribution in [1.82, 2.24) is 9.80 Å². The molecule has 28 heavy (non-hydrogen) atoms. The number of carbonyl (C=O) groups is 1. The first-order valence-corrected chi connectivity index (χ1v) is 9.72. The number of nitrogens with one attached hydrogen (secondary N) is 1. The normalized spacial score (nSPS) is 15.3. The quantitative estimate of drug-likeness (QED) is 0.762. The summed E-state index contributed by atoms with van der Waals surface area (Å²) in [5.41, 5.74) is 3.29. The van der Waals surface area contributed by atoms with E-state index in [0.717, 1.165) is 50.5 Å². The van der Waals surface area contributed by atoms with Crippen molar-refractivity contribution in [3.8, 4) is 0 Å². The lowest BCUT2D eigenvalue weighted by Crippen LogP contribution is -2.46. The minimum Gasteiger partial charge on any atom is -0.326 e. The van der Waals surface area contributed by atoms with Gasteiger partial charge in [0.15, 0.2) is 0 Å². The highest BCUT2D eigenvalue weighted by Gasteiger charge is 2.16. The molecule has 0 aromatic heterocycles. The van der Waals surface area contributed by atoms with E-state index in [9.17, 15) is 4.79 Å². The summed E-state index contributed by atoms with van der Waals surface area (Å²) in [4.78, 5) is 17.0. The third-order valence-electron chi connectivity index (χ3n) is 4.90. The zero-order chi connectivity index (χ0) is 18.9. The molecule has 0 atom stereocenters. The Hall–Kier alpha value is -2.14. The Morgan fingerprint density at radius 3 is 2.43 bits per heavy atom. The number of piperazine rings is 1. The van der Waals surface area contributed by atoms with E-state index in [-0.39, 0.29) is 18.3 Å². The van der Waals surface area contributed by atoms with E-state index < -0.39 is 0 Å². The van der Waals surface area contributed by atoms with Gasteiger partial charge in [0.05, 0.1) is 0 Å². The monoisotopic (exact) mass is 399 g/mol. The number of anilines is 1. The van der Waals surface area contributed by atoms with Crippen molar-refractivity contribution in [3.05, 3.63) is 71.8 Å². The van der Waals surface area contributed by atoms with Crippen LogP contribution in [0.3, 0.4) is 0 Å². The van der Waals surface area contributed by atoms with Crippen LogP contribution in [-0.4, -0.2) is 55.0 Å². The number of amides is 1. The molecular formula is C23H30ClN3O. The van der Waals surface area contributed by atoms with E-state index in [0.29, 0.717) is 6.42 Å². The molecule has 0 radical (unpaired) electrons. The fraction of sp³-hybridized carbons (Fsp3) is 0.348. The summed E-state index contributed by atoms with van der Waals surface area (Å²) in [5, 5.41) is 2.99. The van der Waals surface area contributed by atoms with Gasteiger partial charge in [-0.05, 0) is 30.2 Å². The molecule has 0 spiro atoms. The molecule has 150 valence electrons. The molecule has 0 bridgehead atoms. The van der Waals surface area contributed by atoms with Gasteiger partial charge in [0.2, 0.25) is 5.91 Å². The van der Waals surface area contributed by atoms with Gasteiger partial charge >= 0.3 is 0 Å². The van der Waals surface area contributed by atoms with Crippen LogP contribution < -0.4 is 5.32 Å². The van der Waals surface area contributed by atoms with Gasteiger partial charge in [-0.3, -0.25) is 9.69 Å². The van der Waals surface area contributed by atoms with Crippen LogP contribution in [0, 0.1) is 6.92 Å². The van der Waals surface area contributed by atoms with Crippen molar-refractivity contribution < 1.29 is 4.79 Å². The molecule has 0 unspecified atom stereocenters. The maximum atomic E-state index is 12.1. The number of hydrogen-bond donors (Lipinski definition) is 1. The molecule has 1 fully saturated rings. The predicted molar refractivity (Wildman–Crippen MR) is 120 cm³/mol. The molecule has 1 saturated heterocycles. The van der Waals surface area contributed by atoms with E-state index in [1.54, 1.807) is 0 Å². The second-order valence-corrected chi connectivity index (χ2v) is 7.12. The number of aryl methyl sites for hydroxylation is 1. The van der Waals surface area contributed by atoms with E-state index in [4.69, 9.17) is 0 Å². The van der Waals surface area contributed by atoms with Gasteiger partial charge in [-0.25, -0.2) is 0 Å². The van der Waals surface area contributed by atoms with Gasteiger partial charge in [0, 0.05) is 51.4 Å². The first kappa shape index (κ1) is 22.2. The summed E-state index contributed by atoms with van der Waals surface area (Å²) < 4.78 is 0. The molecule has 2 aromatic carbocycles. The topological polar surface area (TPSA) is 35.6 Å². The highest BCUT2D eigenvalue weighted by Crippen LogP contribution is 2.10. The van der Waals surface area contributed by atoms with E-state index in [1.165, 1.54) is 5.56 Å². The molecule has 0 aliphatic carbocycles. The summed E-state index contributed by atoms with van der Waals surface area (Å²) in [5.74, 6) is 0.0915. The summed E-state index contributed by atoms with van der Waals surface area (Å²) in [7, 11) is 0. The summed E-state index contributed by atoms with van der Waals surface area (Å²) in [6.07, 6.45) is 4.96. The molecule has 1 aliphatic heterocycles. The van der Waals surface area contributed by atoms with Crippen LogP contribution in [-0.2, 0) is 4.79 Å². The highest BCUT2D eigenvalue weighted by atomic mass is 35.5. The summed E-state index contributed by atoms with van der Waals surface area (Å²) in [6.45, 7) is 8.00. The third kappa shape index (κ3) is 7.47. The van der Waals surface area contributed by atoms with Crippen molar-refractivity contribution in [1.29, 1.82) is 0 Å². The summed E-state index contributed by atoms with van der Waals surface area (Å²) >= 11 is 0. The number of benzene rings is 2. The fourth-order valence-electron chi connectivity index (χ4n) is 3.30. The number of carbonyl (C=O) groups excluding carboxylic acids is 1. The lowest BCUT2D eigenvalue weighted by atomic mass is 10.2. The SMILES string of the molecule is Cc1cccc(NC(=O)CCN2CCN(C/C=C/c3ccccc3)CC2)c1.Cl. The lowest BCUT2D eigenvalue weighted by Gasteiger charge is -2.34. The maximum absolute atomic E-state index is 12.1. The van der Waals surface area contributed by atoms with Crippen LogP contribution in [0.5, 0.6) is 0 Å². The number of nitrogens with zero attached hydrogens (tertiary/aromatic N) is 2. The standard InChI is InChI=1S/C23H29N3O.ClH/c1-20-7-5-11-22(19-20)24-23(27)12-14-26-17-15-25(16-18-26)13-6-10-21-8-3-2-4-9-21;/h2-11,19H,12-18H2,1H3,(H,24,27);1H/b10-6+;. The van der Waals surface area contributed by atoms with Crippen LogP contribution >= 0.6 is 12.4 Å². The van der Waals surface area contributed by atoms with Crippen molar-refractivity contribution in [2.24, 2.45) is 0 Å². The average Bonchev–Trinajstić information content (AvgIpc) is 2.68. The number of halogens is 1. The first-order chi connectivity index (χ1) is 13.2. The van der Waals surface area contributed by atoms with E-state index in [1.807, 2.05) is 37.3 Å². The van der Waals surface area contributed by atoms with Crippen molar-refractivity contribution in [2.45, 2.75) is 13.3 Å². The Bertz CT molecular complexity index is 755. The molecule has 1 aliphatic rings. The van der Waals surface area contributed by atoms with E-state index >= 15 is 0 Å². The smallest absolute Gasteiger partial charge is 0.225 e. The number of rotatable bonds is 7. The molecule has 2 aromatic rings. The van der Waals surface area contributed by atoms with Crippen LogP contribution in [0.25, 0.3) is 6.08 Å². The van der Waals surface area contributed by atoms with Crippen LogP contribution in [0.4, 0.5) is 5.69 Å². The van der Waals surface area contributed by atoms with Crippen molar-refractivity contribution in [3.63, 3.8) is 0 Å². The third-order valence-corrected chi connectivity index (χ3v) is 4.90. The zero-order valence-electron chi connectivity index (χ0n) is 16.5. The minimum atomic E-state index is 0. The Balaban J connectivity index is 0.00000280. The predicted octanol–water partition coefficient (Wildman–Crippen LogP) is 4.08. The maximum Gasteiger partial charge on any atom is 0.225 e. The van der Waals surface area contributed by atoms with Gasteiger partial charge < -0.3 is 10.2 Å². The van der Waals surface area contributed by atoms with Crippen molar-refractivity contribution in [2.75, 3.05) is 44.6 Å². The second kappa shape index (κ2) is 11.6.